The first-order valence-electron chi connectivity index (χ1n) is 7.95. The summed E-state index contributed by atoms with van der Waals surface area (Å²) in [6, 6.07) is 4.15. The maximum absolute atomic E-state index is 12.1. The molecule has 0 aromatic carbocycles. The Morgan fingerprint density at radius 2 is 2.04 bits per heavy atom. The highest BCUT2D eigenvalue weighted by Crippen LogP contribution is 2.20. The molecule has 1 aromatic rings. The van der Waals surface area contributed by atoms with Crippen LogP contribution in [-0.2, 0) is 9.84 Å². The Labute approximate surface area is 144 Å². The van der Waals surface area contributed by atoms with E-state index in [1.54, 1.807) is 32.1 Å². The monoisotopic (exact) mass is 359 g/mol. The first-order chi connectivity index (χ1) is 10.7. The van der Waals surface area contributed by atoms with Crippen LogP contribution < -0.4 is 10.6 Å². The van der Waals surface area contributed by atoms with Gasteiger partial charge < -0.3 is 10.6 Å². The molecule has 1 aromatic heterocycles. The highest BCUT2D eigenvalue weighted by molar-refractivity contribution is 7.92. The van der Waals surface area contributed by atoms with Crippen molar-refractivity contribution >= 4 is 27.1 Å². The van der Waals surface area contributed by atoms with Crippen LogP contribution in [0.25, 0.3) is 0 Å². The van der Waals surface area contributed by atoms with Gasteiger partial charge in [-0.1, -0.05) is 13.0 Å². The van der Waals surface area contributed by atoms with Crippen molar-refractivity contribution in [2.24, 2.45) is 4.99 Å². The molecule has 2 N–H and O–H groups in total. The summed E-state index contributed by atoms with van der Waals surface area (Å²) >= 11 is 1.73. The number of guanidine groups is 1. The SMILES string of the molecule is CCNC(=NCC(C)c1cccs1)NCCS(=O)(=O)C(C)(C)C. The fourth-order valence-corrected chi connectivity index (χ4v) is 3.60. The van der Waals surface area contributed by atoms with Crippen molar-refractivity contribution in [1.82, 2.24) is 10.6 Å². The summed E-state index contributed by atoms with van der Waals surface area (Å²) in [5.74, 6) is 1.12. The fraction of sp³-hybridized carbons (Fsp3) is 0.688. The van der Waals surface area contributed by atoms with Gasteiger partial charge in [-0.05, 0) is 39.1 Å². The summed E-state index contributed by atoms with van der Waals surface area (Å²) < 4.78 is 23.5. The lowest BCUT2D eigenvalue weighted by atomic mass is 10.1. The maximum atomic E-state index is 12.1. The summed E-state index contributed by atoms with van der Waals surface area (Å²) in [5, 5.41) is 8.33. The number of nitrogens with one attached hydrogen (secondary N) is 2. The Morgan fingerprint density at radius 1 is 1.35 bits per heavy atom. The standard InChI is InChI=1S/C16H29N3O2S2/c1-6-17-15(18-9-11-23(20,21)16(3,4)5)19-12-13(2)14-8-7-10-22-14/h7-8,10,13H,6,9,11-12H2,1-5H3,(H2,17,18,19). The molecule has 7 heteroatoms. The lowest BCUT2D eigenvalue weighted by Gasteiger charge is -2.20. The van der Waals surface area contributed by atoms with Crippen molar-refractivity contribution in [2.45, 2.75) is 45.3 Å². The Morgan fingerprint density at radius 3 is 2.57 bits per heavy atom. The lowest BCUT2D eigenvalue weighted by molar-refractivity contribution is 0.559. The maximum Gasteiger partial charge on any atom is 0.191 e. The minimum Gasteiger partial charge on any atom is -0.357 e. The molecule has 132 valence electrons. The summed E-state index contributed by atoms with van der Waals surface area (Å²) in [6.45, 7) is 11.1. The number of thiophene rings is 1. The second-order valence-corrected chi connectivity index (χ2v) is 10.3. The molecule has 0 aliphatic rings. The van der Waals surface area contributed by atoms with Gasteiger partial charge in [-0.15, -0.1) is 11.3 Å². The van der Waals surface area contributed by atoms with Gasteiger partial charge in [0.25, 0.3) is 0 Å². The van der Waals surface area contributed by atoms with Gasteiger partial charge in [0, 0.05) is 23.9 Å². The highest BCUT2D eigenvalue weighted by Gasteiger charge is 2.28. The molecule has 1 rings (SSSR count). The fourth-order valence-electron chi connectivity index (χ4n) is 1.84. The van der Waals surface area contributed by atoms with Crippen LogP contribution in [0.5, 0.6) is 0 Å². The zero-order valence-electron chi connectivity index (χ0n) is 14.7. The van der Waals surface area contributed by atoms with Crippen molar-refractivity contribution in [3.05, 3.63) is 22.4 Å². The van der Waals surface area contributed by atoms with E-state index in [9.17, 15) is 8.42 Å². The second kappa shape index (κ2) is 8.68. The number of hydrogen-bond donors (Lipinski definition) is 2. The Bertz CT molecular complexity index is 587. The zero-order chi connectivity index (χ0) is 17.5. The molecule has 0 amide bonds. The summed E-state index contributed by atoms with van der Waals surface area (Å²) in [5.41, 5.74) is 0. The number of rotatable bonds is 7. The van der Waals surface area contributed by atoms with Crippen LogP contribution in [0.15, 0.2) is 22.5 Å². The average molecular weight is 360 g/mol. The minimum atomic E-state index is -3.12. The van der Waals surface area contributed by atoms with Crippen molar-refractivity contribution < 1.29 is 8.42 Å². The van der Waals surface area contributed by atoms with Gasteiger partial charge >= 0.3 is 0 Å². The Hall–Kier alpha value is -1.08. The normalized spacial score (nSPS) is 14.6. The number of nitrogens with zero attached hydrogens (tertiary/aromatic N) is 1. The van der Waals surface area contributed by atoms with E-state index in [-0.39, 0.29) is 5.75 Å². The van der Waals surface area contributed by atoms with Crippen LogP contribution in [0.1, 0.15) is 45.4 Å². The van der Waals surface area contributed by atoms with E-state index >= 15 is 0 Å². The molecule has 1 heterocycles. The first kappa shape index (κ1) is 20.0. The summed E-state index contributed by atoms with van der Waals surface area (Å²) in [4.78, 5) is 5.86. The van der Waals surface area contributed by atoms with Gasteiger partial charge in [0.15, 0.2) is 15.8 Å². The van der Waals surface area contributed by atoms with Crippen LogP contribution in [0.2, 0.25) is 0 Å². The van der Waals surface area contributed by atoms with Crippen LogP contribution in [-0.4, -0.2) is 44.5 Å². The molecular weight excluding hydrogens is 330 g/mol. The molecule has 0 fully saturated rings. The predicted octanol–water partition coefficient (Wildman–Crippen LogP) is 2.62. The van der Waals surface area contributed by atoms with Crippen molar-refractivity contribution in [3.8, 4) is 0 Å². The molecule has 0 saturated carbocycles. The molecule has 0 spiro atoms. The zero-order valence-corrected chi connectivity index (χ0v) is 16.4. The third kappa shape index (κ3) is 6.51. The number of aliphatic imine (C=N–C) groups is 1. The molecule has 5 nitrogen and oxygen atoms in total. The molecular formula is C16H29N3O2S2. The molecule has 0 saturated heterocycles. The van der Waals surface area contributed by atoms with Gasteiger partial charge in [-0.2, -0.15) is 0 Å². The van der Waals surface area contributed by atoms with Crippen LogP contribution in [0.3, 0.4) is 0 Å². The summed E-state index contributed by atoms with van der Waals surface area (Å²) in [6.07, 6.45) is 0. The smallest absolute Gasteiger partial charge is 0.191 e. The van der Waals surface area contributed by atoms with Gasteiger partial charge in [-0.25, -0.2) is 8.42 Å². The average Bonchev–Trinajstić information content (AvgIpc) is 2.97. The molecule has 23 heavy (non-hydrogen) atoms. The number of sulfone groups is 1. The summed E-state index contributed by atoms with van der Waals surface area (Å²) in [7, 11) is -3.12. The van der Waals surface area contributed by atoms with Gasteiger partial charge in [-0.3, -0.25) is 4.99 Å². The Kier molecular flexibility index (Phi) is 7.54. The van der Waals surface area contributed by atoms with Crippen LogP contribution in [0.4, 0.5) is 0 Å². The molecule has 0 aliphatic heterocycles. The van der Waals surface area contributed by atoms with Gasteiger partial charge in [0.2, 0.25) is 0 Å². The van der Waals surface area contributed by atoms with E-state index in [0.717, 1.165) is 6.54 Å². The van der Waals surface area contributed by atoms with Crippen molar-refractivity contribution in [3.63, 3.8) is 0 Å². The van der Waals surface area contributed by atoms with Crippen molar-refractivity contribution in [2.75, 3.05) is 25.4 Å². The van der Waals surface area contributed by atoms with Gasteiger partial charge in [0.05, 0.1) is 17.0 Å². The predicted molar refractivity (Wildman–Crippen MR) is 100 cm³/mol. The molecule has 1 atom stereocenters. The minimum absolute atomic E-state index is 0.0986. The largest absolute Gasteiger partial charge is 0.357 e. The molecule has 0 aliphatic carbocycles. The first-order valence-corrected chi connectivity index (χ1v) is 10.5. The highest BCUT2D eigenvalue weighted by atomic mass is 32.2. The topological polar surface area (TPSA) is 70.6 Å². The molecule has 0 radical (unpaired) electrons. The Balaban J connectivity index is 2.56. The van der Waals surface area contributed by atoms with E-state index in [1.165, 1.54) is 4.88 Å². The number of hydrogen-bond acceptors (Lipinski definition) is 4. The quantitative estimate of drug-likeness (QED) is 0.580. The molecule has 0 bridgehead atoms. The molecule has 1 unspecified atom stereocenters. The van der Waals surface area contributed by atoms with E-state index in [0.29, 0.717) is 25.0 Å². The third-order valence-corrected chi connectivity index (χ3v) is 7.20. The van der Waals surface area contributed by atoms with Gasteiger partial charge in [0.1, 0.15) is 0 Å². The van der Waals surface area contributed by atoms with E-state index < -0.39 is 14.6 Å². The third-order valence-electron chi connectivity index (χ3n) is 3.49. The second-order valence-electron chi connectivity index (χ2n) is 6.49. The lowest BCUT2D eigenvalue weighted by Crippen LogP contribution is -2.42. The van der Waals surface area contributed by atoms with Crippen LogP contribution >= 0.6 is 11.3 Å². The van der Waals surface area contributed by atoms with E-state index in [2.05, 4.69) is 34.0 Å². The van der Waals surface area contributed by atoms with E-state index in [1.807, 2.05) is 13.0 Å². The van der Waals surface area contributed by atoms with Crippen molar-refractivity contribution in [1.29, 1.82) is 0 Å². The van der Waals surface area contributed by atoms with E-state index in [4.69, 9.17) is 0 Å². The van der Waals surface area contributed by atoms with Crippen LogP contribution in [0, 0.1) is 0 Å².